The zero-order chi connectivity index (χ0) is 8.43. The Morgan fingerprint density at radius 2 is 1.82 bits per heavy atom. The summed E-state index contributed by atoms with van der Waals surface area (Å²) in [6, 6.07) is 0. The fraction of sp³-hybridized carbons (Fsp3) is 1.00. The van der Waals surface area contributed by atoms with Crippen LogP contribution in [-0.2, 0) is 4.74 Å². The van der Waals surface area contributed by atoms with Crippen molar-refractivity contribution in [1.82, 2.24) is 0 Å². The van der Waals surface area contributed by atoms with Crippen molar-refractivity contribution < 1.29 is 25.2 Å². The number of rotatable bonds is 1. The van der Waals surface area contributed by atoms with Crippen LogP contribution in [0.2, 0.25) is 0 Å². The largest absolute Gasteiger partial charge is 0.394 e. The van der Waals surface area contributed by atoms with E-state index < -0.39 is 24.6 Å². The molecule has 4 atom stereocenters. The van der Waals surface area contributed by atoms with Gasteiger partial charge in [-0.3, -0.25) is 0 Å². The highest BCUT2D eigenvalue weighted by Gasteiger charge is 2.34. The third kappa shape index (κ3) is 1.88. The second-order valence-corrected chi connectivity index (χ2v) is 2.62. The molecule has 1 heterocycles. The minimum atomic E-state index is -1.30. The van der Waals surface area contributed by atoms with Gasteiger partial charge in [0, 0.05) is 6.42 Å². The van der Waals surface area contributed by atoms with Crippen molar-refractivity contribution >= 4 is 0 Å². The molecule has 1 fully saturated rings. The zero-order valence-electron chi connectivity index (χ0n) is 5.92. The van der Waals surface area contributed by atoms with E-state index in [1.54, 1.807) is 0 Å². The quantitative estimate of drug-likeness (QED) is 0.353. The van der Waals surface area contributed by atoms with Crippen LogP contribution in [-0.4, -0.2) is 51.6 Å². The summed E-state index contributed by atoms with van der Waals surface area (Å²) in [5, 5.41) is 35.5. The molecule has 11 heavy (non-hydrogen) atoms. The van der Waals surface area contributed by atoms with Crippen molar-refractivity contribution in [2.24, 2.45) is 0 Å². The van der Waals surface area contributed by atoms with E-state index in [2.05, 4.69) is 4.74 Å². The van der Waals surface area contributed by atoms with E-state index in [1.807, 2.05) is 0 Å². The summed E-state index contributed by atoms with van der Waals surface area (Å²) < 4.78 is 4.67. The van der Waals surface area contributed by atoms with Crippen LogP contribution in [0.5, 0.6) is 0 Å². The van der Waals surface area contributed by atoms with Gasteiger partial charge in [-0.25, -0.2) is 0 Å². The molecule has 0 amide bonds. The fourth-order valence-electron chi connectivity index (χ4n) is 1.04. The molecule has 0 aliphatic carbocycles. The molecule has 1 aliphatic rings. The summed E-state index contributed by atoms with van der Waals surface area (Å²) in [5.74, 6) is 0. The number of hydrogen-bond donors (Lipinski definition) is 4. The summed E-state index contributed by atoms with van der Waals surface area (Å²) in [7, 11) is 0. The van der Waals surface area contributed by atoms with Gasteiger partial charge in [0.2, 0.25) is 0 Å². The van der Waals surface area contributed by atoms with E-state index >= 15 is 0 Å². The summed E-state index contributed by atoms with van der Waals surface area (Å²) in [4.78, 5) is 0. The van der Waals surface area contributed by atoms with E-state index in [9.17, 15) is 0 Å². The minimum Gasteiger partial charge on any atom is -0.394 e. The van der Waals surface area contributed by atoms with Gasteiger partial charge in [0.05, 0.1) is 12.7 Å². The molecule has 0 spiro atoms. The van der Waals surface area contributed by atoms with Crippen LogP contribution in [0.15, 0.2) is 0 Å². The second kappa shape index (κ2) is 3.46. The highest BCUT2D eigenvalue weighted by atomic mass is 16.6. The summed E-state index contributed by atoms with van der Waals surface area (Å²) >= 11 is 0. The van der Waals surface area contributed by atoms with Crippen LogP contribution < -0.4 is 0 Å². The van der Waals surface area contributed by atoms with Crippen LogP contribution in [0, 0.1) is 0 Å². The molecular formula is C6H12O5. The van der Waals surface area contributed by atoms with Crippen LogP contribution in [0.25, 0.3) is 0 Å². The van der Waals surface area contributed by atoms with Crippen molar-refractivity contribution in [2.75, 3.05) is 6.61 Å². The third-order valence-electron chi connectivity index (χ3n) is 1.74. The molecule has 5 heteroatoms. The van der Waals surface area contributed by atoms with Gasteiger partial charge in [0.25, 0.3) is 0 Å². The molecule has 0 saturated carbocycles. The molecule has 5 nitrogen and oxygen atoms in total. The maximum Gasteiger partial charge on any atom is 0.181 e. The fourth-order valence-corrected chi connectivity index (χ4v) is 1.04. The lowest BCUT2D eigenvalue weighted by Gasteiger charge is -2.33. The van der Waals surface area contributed by atoms with Crippen LogP contribution in [0.4, 0.5) is 0 Å². The van der Waals surface area contributed by atoms with Gasteiger partial charge < -0.3 is 25.2 Å². The maximum atomic E-state index is 9.10. The zero-order valence-corrected chi connectivity index (χ0v) is 5.92. The summed E-state index contributed by atoms with van der Waals surface area (Å²) in [6.07, 6.45) is -4.01. The van der Waals surface area contributed by atoms with E-state index in [0.717, 1.165) is 0 Å². The molecule has 0 aromatic carbocycles. The van der Waals surface area contributed by atoms with Gasteiger partial charge in [-0.15, -0.1) is 0 Å². The SMILES string of the molecule is OC[C@H]1O[C@@H](O)[C@@H](O)C[C@H]1O. The van der Waals surface area contributed by atoms with Gasteiger partial charge in [0.1, 0.15) is 12.2 Å². The van der Waals surface area contributed by atoms with E-state index in [-0.39, 0.29) is 13.0 Å². The first-order chi connectivity index (χ1) is 5.15. The lowest BCUT2D eigenvalue weighted by Crippen LogP contribution is -2.48. The number of ether oxygens (including phenoxy) is 1. The first kappa shape index (κ1) is 8.89. The Labute approximate surface area is 63.8 Å². The molecule has 0 bridgehead atoms. The maximum absolute atomic E-state index is 9.10. The van der Waals surface area contributed by atoms with Crippen molar-refractivity contribution in [3.8, 4) is 0 Å². The minimum absolute atomic E-state index is 0.0341. The third-order valence-corrected chi connectivity index (χ3v) is 1.74. The van der Waals surface area contributed by atoms with E-state index in [0.29, 0.717) is 0 Å². The van der Waals surface area contributed by atoms with Gasteiger partial charge in [0.15, 0.2) is 6.29 Å². The number of aliphatic hydroxyl groups is 4. The molecule has 66 valence electrons. The van der Waals surface area contributed by atoms with Crippen molar-refractivity contribution in [3.63, 3.8) is 0 Å². The molecule has 1 saturated heterocycles. The van der Waals surface area contributed by atoms with Gasteiger partial charge in [-0.1, -0.05) is 0 Å². The average Bonchev–Trinajstić information content (AvgIpc) is 1.97. The Bertz CT molecular complexity index is 128. The highest BCUT2D eigenvalue weighted by molar-refractivity contribution is 4.79. The topological polar surface area (TPSA) is 90.2 Å². The Morgan fingerprint density at radius 3 is 2.36 bits per heavy atom. The standard InChI is InChI=1S/C6H12O5/c7-2-5-3(8)1-4(9)6(10)11-5/h3-10H,1-2H2/t3-,4+,5-,6-/m1/s1. The predicted octanol–water partition coefficient (Wildman–Crippen LogP) is -2.19. The molecule has 4 N–H and O–H groups in total. The molecule has 0 aromatic rings. The Hall–Kier alpha value is -0.200. The molecule has 1 rings (SSSR count). The van der Waals surface area contributed by atoms with Crippen molar-refractivity contribution in [3.05, 3.63) is 0 Å². The van der Waals surface area contributed by atoms with E-state index in [4.69, 9.17) is 20.4 Å². The summed E-state index contributed by atoms with van der Waals surface area (Å²) in [5.41, 5.74) is 0. The molecule has 1 aliphatic heterocycles. The molecule has 0 aromatic heterocycles. The smallest absolute Gasteiger partial charge is 0.181 e. The summed E-state index contributed by atoms with van der Waals surface area (Å²) in [6.45, 7) is -0.356. The lowest BCUT2D eigenvalue weighted by atomic mass is 10.0. The lowest BCUT2D eigenvalue weighted by molar-refractivity contribution is -0.251. The Balaban J connectivity index is 2.48. The first-order valence-corrected chi connectivity index (χ1v) is 3.45. The molecular weight excluding hydrogens is 152 g/mol. The predicted molar refractivity (Wildman–Crippen MR) is 34.6 cm³/mol. The second-order valence-electron chi connectivity index (χ2n) is 2.62. The highest BCUT2D eigenvalue weighted by Crippen LogP contribution is 2.18. The molecule has 0 radical (unpaired) electrons. The van der Waals surface area contributed by atoms with Crippen molar-refractivity contribution in [1.29, 1.82) is 0 Å². The first-order valence-electron chi connectivity index (χ1n) is 3.45. The van der Waals surface area contributed by atoms with Gasteiger partial charge in [-0.05, 0) is 0 Å². The van der Waals surface area contributed by atoms with Crippen LogP contribution >= 0.6 is 0 Å². The Kier molecular flexibility index (Phi) is 2.80. The Morgan fingerprint density at radius 1 is 1.18 bits per heavy atom. The molecule has 0 unspecified atom stereocenters. The number of aliphatic hydroxyl groups excluding tert-OH is 4. The van der Waals surface area contributed by atoms with Crippen LogP contribution in [0.3, 0.4) is 0 Å². The van der Waals surface area contributed by atoms with Crippen LogP contribution in [0.1, 0.15) is 6.42 Å². The van der Waals surface area contributed by atoms with E-state index in [1.165, 1.54) is 0 Å². The normalized spacial score (nSPS) is 45.8. The van der Waals surface area contributed by atoms with Gasteiger partial charge >= 0.3 is 0 Å². The van der Waals surface area contributed by atoms with Crippen molar-refractivity contribution in [2.45, 2.75) is 31.0 Å². The number of hydrogen-bond acceptors (Lipinski definition) is 5. The van der Waals surface area contributed by atoms with Gasteiger partial charge in [-0.2, -0.15) is 0 Å². The monoisotopic (exact) mass is 164 g/mol. The average molecular weight is 164 g/mol.